The molecule has 1 fully saturated rings. The fourth-order valence-electron chi connectivity index (χ4n) is 4.44. The number of hydrogen-bond acceptors (Lipinski definition) is 12. The van der Waals surface area contributed by atoms with E-state index >= 15 is 0 Å². The Morgan fingerprint density at radius 1 is 0.881 bits per heavy atom. The van der Waals surface area contributed by atoms with Crippen molar-refractivity contribution in [1.82, 2.24) is 0 Å². The molecule has 1 aromatic heterocycles. The molecule has 42 heavy (non-hydrogen) atoms. The molecule has 0 bridgehead atoms. The van der Waals surface area contributed by atoms with Gasteiger partial charge >= 0.3 is 5.97 Å². The second-order valence-electron chi connectivity index (χ2n) is 9.63. The first-order valence-electron chi connectivity index (χ1n) is 12.7. The first-order chi connectivity index (χ1) is 20.0. The van der Waals surface area contributed by atoms with Crippen molar-refractivity contribution in [3.63, 3.8) is 0 Å². The summed E-state index contributed by atoms with van der Waals surface area (Å²) in [5.74, 6) is -2.12. The van der Waals surface area contributed by atoms with Crippen LogP contribution in [0.4, 0.5) is 0 Å². The van der Waals surface area contributed by atoms with Gasteiger partial charge in [-0.05, 0) is 48.9 Å². The number of benzene rings is 3. The summed E-state index contributed by atoms with van der Waals surface area (Å²) in [5, 5.41) is 61.0. The minimum absolute atomic E-state index is 0.0171. The van der Waals surface area contributed by atoms with Gasteiger partial charge in [0.05, 0.1) is 6.10 Å². The fraction of sp³-hybridized carbons (Fsp3) is 0.200. The van der Waals surface area contributed by atoms with Crippen molar-refractivity contribution < 1.29 is 54.1 Å². The number of hydrogen-bond donors (Lipinski definition) is 6. The highest BCUT2D eigenvalue weighted by Crippen LogP contribution is 2.36. The van der Waals surface area contributed by atoms with Crippen molar-refractivity contribution in [2.75, 3.05) is 0 Å². The maximum Gasteiger partial charge on any atom is 0.331 e. The number of phenols is 4. The second-order valence-corrected chi connectivity index (χ2v) is 9.63. The SMILES string of the molecule is CC1OC(Oc2cc(-c3cc(=O)c4c(O)cc(O)cc4o3)ccc2O)C(O)C(OC(=O)C=Cc2ccc(O)cc2)C1O. The summed E-state index contributed by atoms with van der Waals surface area (Å²) < 4.78 is 22.3. The first kappa shape index (κ1) is 28.5. The van der Waals surface area contributed by atoms with E-state index in [-0.39, 0.29) is 45.3 Å². The maximum absolute atomic E-state index is 12.6. The Morgan fingerprint density at radius 2 is 1.62 bits per heavy atom. The van der Waals surface area contributed by atoms with E-state index in [9.17, 15) is 40.2 Å². The zero-order chi connectivity index (χ0) is 30.1. The number of rotatable bonds is 6. The van der Waals surface area contributed by atoms with Gasteiger partial charge in [-0.2, -0.15) is 0 Å². The van der Waals surface area contributed by atoms with Crippen LogP contribution in [0.2, 0.25) is 0 Å². The van der Waals surface area contributed by atoms with E-state index in [2.05, 4.69) is 0 Å². The van der Waals surface area contributed by atoms with Gasteiger partial charge in [0.1, 0.15) is 40.1 Å². The number of aliphatic hydroxyl groups is 2. The molecule has 12 nitrogen and oxygen atoms in total. The average molecular weight is 579 g/mol. The molecule has 0 radical (unpaired) electrons. The monoisotopic (exact) mass is 578 g/mol. The summed E-state index contributed by atoms with van der Waals surface area (Å²) in [4.78, 5) is 25.1. The summed E-state index contributed by atoms with van der Waals surface area (Å²) in [6, 6.07) is 13.3. The molecule has 1 saturated heterocycles. The van der Waals surface area contributed by atoms with Gasteiger partial charge in [0.2, 0.25) is 6.29 Å². The van der Waals surface area contributed by atoms with Crippen molar-refractivity contribution >= 4 is 23.0 Å². The summed E-state index contributed by atoms with van der Waals surface area (Å²) in [5.41, 5.74) is 0.185. The van der Waals surface area contributed by atoms with E-state index in [0.29, 0.717) is 5.56 Å². The van der Waals surface area contributed by atoms with Crippen LogP contribution in [-0.4, -0.2) is 67.3 Å². The standard InChI is InChI=1S/C30H26O12/c1-14-27(37)29(42-25(36)9-4-15-2-6-17(31)7-3-15)28(38)30(39-14)41-23-10-16(5-8-19(23)33)22-13-21(35)26-20(34)11-18(32)12-24(26)40-22/h2-14,27-34,37-38H,1H3. The highest BCUT2D eigenvalue weighted by Gasteiger charge is 2.46. The minimum atomic E-state index is -1.69. The molecule has 0 amide bonds. The van der Waals surface area contributed by atoms with E-state index in [1.807, 2.05) is 0 Å². The molecular formula is C30H26O12. The zero-order valence-corrected chi connectivity index (χ0v) is 21.9. The number of aromatic hydroxyl groups is 4. The smallest absolute Gasteiger partial charge is 0.331 e. The number of aliphatic hydroxyl groups excluding tert-OH is 2. The molecule has 0 aliphatic carbocycles. The van der Waals surface area contributed by atoms with Crippen molar-refractivity contribution in [3.05, 3.63) is 82.5 Å². The lowest BCUT2D eigenvalue weighted by molar-refractivity contribution is -0.271. The molecule has 0 spiro atoms. The molecule has 0 saturated carbocycles. The van der Waals surface area contributed by atoms with Crippen LogP contribution in [0.5, 0.6) is 28.7 Å². The quantitative estimate of drug-likeness (QED) is 0.145. The Labute approximate surface area is 237 Å². The molecule has 1 aliphatic heterocycles. The molecule has 6 N–H and O–H groups in total. The lowest BCUT2D eigenvalue weighted by Gasteiger charge is -2.40. The van der Waals surface area contributed by atoms with Crippen LogP contribution in [0.3, 0.4) is 0 Å². The van der Waals surface area contributed by atoms with Gasteiger partial charge in [-0.25, -0.2) is 4.79 Å². The lowest BCUT2D eigenvalue weighted by atomic mass is 9.99. The van der Waals surface area contributed by atoms with Gasteiger partial charge in [-0.1, -0.05) is 12.1 Å². The molecule has 1 aliphatic rings. The van der Waals surface area contributed by atoms with E-state index in [0.717, 1.165) is 24.3 Å². The molecule has 5 unspecified atom stereocenters. The normalized spacial score (nSPS) is 22.3. The number of carbonyl (C=O) groups excluding carboxylic acids is 1. The molecule has 12 heteroatoms. The first-order valence-corrected chi connectivity index (χ1v) is 12.7. The van der Waals surface area contributed by atoms with E-state index < -0.39 is 47.9 Å². The number of phenolic OH excluding ortho intramolecular Hbond substituents is 4. The van der Waals surface area contributed by atoms with Crippen molar-refractivity contribution in [2.45, 2.75) is 37.6 Å². The number of fused-ring (bicyclic) bond motifs is 1. The van der Waals surface area contributed by atoms with Gasteiger partial charge in [0, 0.05) is 29.8 Å². The molecule has 5 atom stereocenters. The molecule has 2 heterocycles. The molecule has 3 aromatic carbocycles. The zero-order valence-electron chi connectivity index (χ0n) is 21.9. The van der Waals surface area contributed by atoms with Gasteiger partial charge in [0.15, 0.2) is 29.1 Å². The fourth-order valence-corrected chi connectivity index (χ4v) is 4.44. The molecule has 218 valence electrons. The van der Waals surface area contributed by atoms with E-state index in [4.69, 9.17) is 18.6 Å². The average Bonchev–Trinajstić information content (AvgIpc) is 2.94. The van der Waals surface area contributed by atoms with Crippen molar-refractivity contribution in [2.24, 2.45) is 0 Å². The Morgan fingerprint density at radius 3 is 2.36 bits per heavy atom. The molecular weight excluding hydrogens is 552 g/mol. The van der Waals surface area contributed by atoms with Gasteiger partial charge in [-0.3, -0.25) is 4.79 Å². The summed E-state index contributed by atoms with van der Waals surface area (Å²) in [6.07, 6.45) is -4.49. The summed E-state index contributed by atoms with van der Waals surface area (Å²) in [7, 11) is 0. The largest absolute Gasteiger partial charge is 0.508 e. The Kier molecular flexibility index (Phi) is 7.77. The predicted molar refractivity (Wildman–Crippen MR) is 147 cm³/mol. The van der Waals surface area contributed by atoms with Gasteiger partial charge in [-0.15, -0.1) is 0 Å². The van der Waals surface area contributed by atoms with Gasteiger partial charge in [0.25, 0.3) is 0 Å². The van der Waals surface area contributed by atoms with Crippen LogP contribution in [0.25, 0.3) is 28.4 Å². The van der Waals surface area contributed by atoms with Gasteiger partial charge < -0.3 is 49.3 Å². The van der Waals surface area contributed by atoms with Crippen molar-refractivity contribution in [1.29, 1.82) is 0 Å². The minimum Gasteiger partial charge on any atom is -0.508 e. The third kappa shape index (κ3) is 5.86. The van der Waals surface area contributed by atoms with E-state index in [1.54, 1.807) is 12.1 Å². The highest BCUT2D eigenvalue weighted by molar-refractivity contribution is 5.87. The van der Waals surface area contributed by atoms with Crippen LogP contribution in [-0.2, 0) is 14.3 Å². The van der Waals surface area contributed by atoms with Crippen LogP contribution in [0, 0.1) is 0 Å². The second kappa shape index (κ2) is 11.4. The lowest BCUT2D eigenvalue weighted by Crippen LogP contribution is -2.59. The number of esters is 1. The van der Waals surface area contributed by atoms with Crippen LogP contribution >= 0.6 is 0 Å². The maximum atomic E-state index is 12.6. The summed E-state index contributed by atoms with van der Waals surface area (Å²) >= 11 is 0. The van der Waals surface area contributed by atoms with E-state index in [1.165, 1.54) is 43.3 Å². The third-order valence-electron chi connectivity index (χ3n) is 6.62. The van der Waals surface area contributed by atoms with Crippen LogP contribution in [0.1, 0.15) is 12.5 Å². The van der Waals surface area contributed by atoms with Crippen LogP contribution in [0.15, 0.2) is 76.0 Å². The van der Waals surface area contributed by atoms with Crippen LogP contribution < -0.4 is 10.2 Å². The summed E-state index contributed by atoms with van der Waals surface area (Å²) in [6.45, 7) is 1.48. The Hall–Kier alpha value is -5.04. The molecule has 5 rings (SSSR count). The topological polar surface area (TPSA) is 196 Å². The third-order valence-corrected chi connectivity index (χ3v) is 6.62. The number of ether oxygens (including phenoxy) is 3. The highest BCUT2D eigenvalue weighted by atomic mass is 16.7. The van der Waals surface area contributed by atoms with Crippen molar-refractivity contribution in [3.8, 4) is 40.1 Å². The number of carbonyl (C=O) groups is 1. The Bertz CT molecular complexity index is 1710. The molecule has 4 aromatic rings. The predicted octanol–water partition coefficient (Wildman–Crippen LogP) is 2.75. The Balaban J connectivity index is 1.36.